The highest BCUT2D eigenvalue weighted by atomic mass is 35.5. The third kappa shape index (κ3) is 3.84. The zero-order chi connectivity index (χ0) is 19.6. The molecule has 0 radical (unpaired) electrons. The first-order valence-corrected chi connectivity index (χ1v) is 9.17. The number of morpholine rings is 1. The van der Waals surface area contributed by atoms with Crippen molar-refractivity contribution >= 4 is 29.1 Å². The van der Waals surface area contributed by atoms with Crippen LogP contribution in [-0.2, 0) is 21.6 Å². The van der Waals surface area contributed by atoms with Crippen LogP contribution in [0.25, 0.3) is 0 Å². The maximum atomic E-state index is 13.0. The summed E-state index contributed by atoms with van der Waals surface area (Å²) in [4.78, 5) is 27.6. The van der Waals surface area contributed by atoms with Crippen LogP contribution in [0.2, 0.25) is 5.02 Å². The van der Waals surface area contributed by atoms with Crippen molar-refractivity contribution in [1.29, 1.82) is 0 Å². The summed E-state index contributed by atoms with van der Waals surface area (Å²) in [7, 11) is 0. The monoisotopic (exact) mass is 394 g/mol. The van der Waals surface area contributed by atoms with Gasteiger partial charge in [-0.05, 0) is 20.8 Å². The lowest BCUT2D eigenvalue weighted by atomic mass is 10.0. The fraction of sp³-hybridized carbons (Fsp3) is 0.529. The predicted molar refractivity (Wildman–Crippen MR) is 99.8 cm³/mol. The minimum atomic E-state index is -0.999. The van der Waals surface area contributed by atoms with Crippen LogP contribution in [0.3, 0.4) is 0 Å². The van der Waals surface area contributed by atoms with Crippen molar-refractivity contribution in [1.82, 2.24) is 24.5 Å². The maximum Gasteiger partial charge on any atom is 0.274 e. The van der Waals surface area contributed by atoms with Crippen molar-refractivity contribution in [3.05, 3.63) is 29.3 Å². The molecule has 0 aromatic carbocycles. The van der Waals surface area contributed by atoms with Crippen molar-refractivity contribution in [2.45, 2.75) is 32.9 Å². The Bertz CT molecular complexity index is 838. The molecule has 0 aliphatic carbocycles. The molecular formula is C17H23ClN6O3. The number of carbonyl (C=O) groups is 2. The van der Waals surface area contributed by atoms with Gasteiger partial charge in [0.15, 0.2) is 0 Å². The van der Waals surface area contributed by atoms with Crippen molar-refractivity contribution in [2.75, 3.05) is 31.6 Å². The van der Waals surface area contributed by atoms with E-state index in [4.69, 9.17) is 16.3 Å². The van der Waals surface area contributed by atoms with E-state index in [-0.39, 0.29) is 11.8 Å². The van der Waals surface area contributed by atoms with Gasteiger partial charge in [0.1, 0.15) is 11.2 Å². The molecule has 2 aromatic rings. The van der Waals surface area contributed by atoms with Crippen LogP contribution in [0, 0.1) is 0 Å². The Hall–Kier alpha value is -2.39. The largest absolute Gasteiger partial charge is 0.378 e. The van der Waals surface area contributed by atoms with E-state index in [1.165, 1.54) is 17.1 Å². The quantitative estimate of drug-likeness (QED) is 0.831. The number of rotatable bonds is 5. The molecule has 0 saturated carbocycles. The third-order valence-electron chi connectivity index (χ3n) is 4.57. The Morgan fingerprint density at radius 2 is 1.96 bits per heavy atom. The molecule has 10 heteroatoms. The molecule has 1 saturated heterocycles. The predicted octanol–water partition coefficient (Wildman–Crippen LogP) is 1.60. The van der Waals surface area contributed by atoms with E-state index < -0.39 is 5.54 Å². The van der Waals surface area contributed by atoms with Crippen molar-refractivity contribution in [2.24, 2.45) is 0 Å². The van der Waals surface area contributed by atoms with Crippen LogP contribution in [0.15, 0.2) is 18.6 Å². The number of hydrogen-bond donors (Lipinski definition) is 1. The fourth-order valence-electron chi connectivity index (χ4n) is 2.84. The average molecular weight is 395 g/mol. The van der Waals surface area contributed by atoms with Gasteiger partial charge in [-0.2, -0.15) is 10.2 Å². The molecule has 1 N–H and O–H groups in total. The second kappa shape index (κ2) is 7.69. The van der Waals surface area contributed by atoms with E-state index in [0.717, 1.165) is 0 Å². The Balaban J connectivity index is 1.85. The summed E-state index contributed by atoms with van der Waals surface area (Å²) in [6, 6.07) is 0. The number of aryl methyl sites for hydroxylation is 1. The second-order valence-corrected chi connectivity index (χ2v) is 7.18. The first-order valence-electron chi connectivity index (χ1n) is 8.79. The Kier molecular flexibility index (Phi) is 5.52. The summed E-state index contributed by atoms with van der Waals surface area (Å²) in [5.74, 6) is -0.498. The Labute approximate surface area is 162 Å². The second-order valence-electron chi connectivity index (χ2n) is 6.74. The number of nitrogens with one attached hydrogen (secondary N) is 1. The van der Waals surface area contributed by atoms with Gasteiger partial charge in [-0.15, -0.1) is 0 Å². The maximum absolute atomic E-state index is 13.0. The van der Waals surface area contributed by atoms with Crippen molar-refractivity contribution in [3.8, 4) is 0 Å². The Morgan fingerprint density at radius 3 is 2.56 bits per heavy atom. The summed E-state index contributed by atoms with van der Waals surface area (Å²) in [6.07, 6.45) is 4.55. The summed E-state index contributed by atoms with van der Waals surface area (Å²) < 4.78 is 8.38. The molecule has 146 valence electrons. The molecule has 0 atom stereocenters. The minimum absolute atomic E-state index is 0.173. The van der Waals surface area contributed by atoms with Gasteiger partial charge >= 0.3 is 0 Å². The third-order valence-corrected chi connectivity index (χ3v) is 4.76. The molecule has 0 bridgehead atoms. The molecular weight excluding hydrogens is 372 g/mol. The number of anilines is 1. The van der Waals surface area contributed by atoms with Crippen LogP contribution in [0.5, 0.6) is 0 Å². The van der Waals surface area contributed by atoms with Crippen LogP contribution < -0.4 is 5.32 Å². The van der Waals surface area contributed by atoms with Crippen LogP contribution >= 0.6 is 11.6 Å². The molecule has 9 nitrogen and oxygen atoms in total. The normalized spacial score (nSPS) is 15.0. The number of halogens is 1. The van der Waals surface area contributed by atoms with Crippen LogP contribution in [-0.4, -0.2) is 62.6 Å². The van der Waals surface area contributed by atoms with Gasteiger partial charge in [0.05, 0.1) is 36.3 Å². The molecule has 27 heavy (non-hydrogen) atoms. The minimum Gasteiger partial charge on any atom is -0.378 e. The van der Waals surface area contributed by atoms with E-state index in [2.05, 4.69) is 15.5 Å². The van der Waals surface area contributed by atoms with E-state index in [1.807, 2.05) is 6.92 Å². The standard InChI is InChI=1S/C17H23ClN6O3/c1-4-23-14(15(25)22-5-7-27-8-6-22)13(10-19-23)21-16(26)17(2,3)24-11-12(18)9-20-24/h9-11H,4-8H2,1-3H3,(H,21,26). The molecule has 1 aliphatic heterocycles. The van der Waals surface area contributed by atoms with E-state index >= 15 is 0 Å². The highest BCUT2D eigenvalue weighted by Crippen LogP contribution is 2.23. The van der Waals surface area contributed by atoms with Gasteiger partial charge in [-0.25, -0.2) is 0 Å². The number of ether oxygens (including phenoxy) is 1. The molecule has 1 fully saturated rings. The van der Waals surface area contributed by atoms with Gasteiger partial charge in [-0.3, -0.25) is 19.0 Å². The SMILES string of the molecule is CCn1ncc(NC(=O)C(C)(C)n2cc(Cl)cn2)c1C(=O)N1CCOCC1. The molecule has 0 unspecified atom stereocenters. The highest BCUT2D eigenvalue weighted by Gasteiger charge is 2.33. The summed E-state index contributed by atoms with van der Waals surface area (Å²) in [5.41, 5.74) is -0.257. The lowest BCUT2D eigenvalue weighted by molar-refractivity contribution is -0.123. The first-order chi connectivity index (χ1) is 12.8. The van der Waals surface area contributed by atoms with Crippen molar-refractivity contribution in [3.63, 3.8) is 0 Å². The van der Waals surface area contributed by atoms with Gasteiger partial charge in [0.25, 0.3) is 11.8 Å². The van der Waals surface area contributed by atoms with Gasteiger partial charge < -0.3 is 15.0 Å². The van der Waals surface area contributed by atoms with E-state index in [9.17, 15) is 9.59 Å². The summed E-state index contributed by atoms with van der Waals surface area (Å²) in [5, 5.41) is 11.6. The molecule has 2 aromatic heterocycles. The van der Waals surface area contributed by atoms with Gasteiger partial charge in [-0.1, -0.05) is 11.6 Å². The smallest absolute Gasteiger partial charge is 0.274 e. The zero-order valence-electron chi connectivity index (χ0n) is 15.6. The van der Waals surface area contributed by atoms with E-state index in [1.54, 1.807) is 29.6 Å². The number of aromatic nitrogens is 4. The summed E-state index contributed by atoms with van der Waals surface area (Å²) in [6.45, 7) is 7.88. The first kappa shape index (κ1) is 19.4. The molecule has 1 aliphatic rings. The molecule has 2 amide bonds. The summed E-state index contributed by atoms with van der Waals surface area (Å²) >= 11 is 5.92. The number of amides is 2. The zero-order valence-corrected chi connectivity index (χ0v) is 16.4. The lowest BCUT2D eigenvalue weighted by Gasteiger charge is -2.28. The topological polar surface area (TPSA) is 94.3 Å². The fourth-order valence-corrected chi connectivity index (χ4v) is 2.98. The average Bonchev–Trinajstić information content (AvgIpc) is 3.28. The van der Waals surface area contributed by atoms with Gasteiger partial charge in [0.2, 0.25) is 0 Å². The lowest BCUT2D eigenvalue weighted by Crippen LogP contribution is -2.43. The number of carbonyl (C=O) groups excluding carboxylic acids is 2. The highest BCUT2D eigenvalue weighted by molar-refractivity contribution is 6.30. The van der Waals surface area contributed by atoms with Crippen LogP contribution in [0.4, 0.5) is 5.69 Å². The number of nitrogens with zero attached hydrogens (tertiary/aromatic N) is 5. The molecule has 0 spiro atoms. The van der Waals surface area contributed by atoms with E-state index in [0.29, 0.717) is 49.3 Å². The van der Waals surface area contributed by atoms with Gasteiger partial charge in [0, 0.05) is 25.8 Å². The van der Waals surface area contributed by atoms with Crippen LogP contribution in [0.1, 0.15) is 31.3 Å². The van der Waals surface area contributed by atoms with Crippen molar-refractivity contribution < 1.29 is 14.3 Å². The Morgan fingerprint density at radius 1 is 1.26 bits per heavy atom. The number of hydrogen-bond acceptors (Lipinski definition) is 5. The molecule has 3 heterocycles. The molecule has 3 rings (SSSR count).